The van der Waals surface area contributed by atoms with Gasteiger partial charge in [0.2, 0.25) is 0 Å². The third-order valence-electron chi connectivity index (χ3n) is 5.53. The molecule has 3 N–H and O–H groups in total. The molecule has 0 saturated heterocycles. The summed E-state index contributed by atoms with van der Waals surface area (Å²) in [5.74, 6) is 3.89. The summed E-state index contributed by atoms with van der Waals surface area (Å²) in [5.41, 5.74) is 3.54. The van der Waals surface area contributed by atoms with E-state index >= 15 is 0 Å². The van der Waals surface area contributed by atoms with Gasteiger partial charge in [-0.25, -0.2) is 4.98 Å². The van der Waals surface area contributed by atoms with Crippen molar-refractivity contribution in [3.63, 3.8) is 0 Å². The molecular weight excluding hydrogens is 360 g/mol. The van der Waals surface area contributed by atoms with Crippen molar-refractivity contribution in [1.82, 2.24) is 15.6 Å². The number of fused-ring (bicyclic) bond motifs is 3. The van der Waals surface area contributed by atoms with Crippen LogP contribution in [0.2, 0.25) is 0 Å². The number of rotatable bonds is 4. The van der Waals surface area contributed by atoms with Crippen LogP contribution in [0, 0.1) is 11.8 Å². The van der Waals surface area contributed by atoms with Crippen molar-refractivity contribution in [3.05, 3.63) is 46.7 Å². The number of hydrogen-bond acceptors (Lipinski definition) is 5. The summed E-state index contributed by atoms with van der Waals surface area (Å²) in [5, 5.41) is 10.7. The van der Waals surface area contributed by atoms with E-state index in [0.29, 0.717) is 30.2 Å². The summed E-state index contributed by atoms with van der Waals surface area (Å²) >= 11 is 5.48. The van der Waals surface area contributed by atoms with Gasteiger partial charge in [-0.3, -0.25) is 0 Å². The Morgan fingerprint density at radius 3 is 3.15 bits per heavy atom. The fourth-order valence-corrected chi connectivity index (χ4v) is 4.26. The predicted octanol–water partition coefficient (Wildman–Crippen LogP) is 2.24. The third kappa shape index (κ3) is 3.48. The van der Waals surface area contributed by atoms with Crippen LogP contribution in [0.3, 0.4) is 0 Å². The number of aromatic nitrogens is 1. The van der Waals surface area contributed by atoms with E-state index in [2.05, 4.69) is 28.1 Å². The smallest absolute Gasteiger partial charge is 0.170 e. The van der Waals surface area contributed by atoms with Gasteiger partial charge in [-0.05, 0) is 43.1 Å². The van der Waals surface area contributed by atoms with Crippen molar-refractivity contribution in [1.29, 1.82) is 0 Å². The summed E-state index contributed by atoms with van der Waals surface area (Å²) < 4.78 is 11.5. The second-order valence-electron chi connectivity index (χ2n) is 7.45. The van der Waals surface area contributed by atoms with Crippen LogP contribution in [0.1, 0.15) is 24.1 Å². The Bertz CT molecular complexity index is 835. The standard InChI is InChI=1S/C20H24N4O2S/c27-20(22-7-5-13-4-3-12-2-1-6-21-19(12)23-13)24-16-11-17-18(15-10-14(15)16)26-9-8-25-17/h3-4,11,14-15H,1-2,5-10H2,(H,21,23)(H2,22,24,27). The molecule has 1 aromatic rings. The number of nitrogens with zero attached hydrogens (tertiary/aromatic N) is 1. The van der Waals surface area contributed by atoms with Gasteiger partial charge in [0.25, 0.3) is 0 Å². The molecule has 2 atom stereocenters. The second kappa shape index (κ2) is 7.03. The number of thiocarbonyl (C=S) groups is 1. The van der Waals surface area contributed by atoms with E-state index in [-0.39, 0.29) is 0 Å². The molecule has 6 nitrogen and oxygen atoms in total. The fourth-order valence-electron chi connectivity index (χ4n) is 4.04. The maximum atomic E-state index is 5.76. The van der Waals surface area contributed by atoms with Gasteiger partial charge >= 0.3 is 0 Å². The Hall–Kier alpha value is -2.28. The molecule has 1 saturated carbocycles. The largest absolute Gasteiger partial charge is 0.490 e. The van der Waals surface area contributed by atoms with Crippen molar-refractivity contribution in [2.24, 2.45) is 11.8 Å². The average molecular weight is 385 g/mol. The number of nitrogens with one attached hydrogen (secondary N) is 3. The summed E-state index contributed by atoms with van der Waals surface area (Å²) in [6.45, 7) is 3.04. The van der Waals surface area contributed by atoms with Crippen LogP contribution in [0.15, 0.2) is 35.4 Å². The highest BCUT2D eigenvalue weighted by atomic mass is 32.1. The number of hydrogen-bond donors (Lipinski definition) is 3. The van der Waals surface area contributed by atoms with Gasteiger partial charge in [0.15, 0.2) is 10.9 Å². The molecule has 0 amide bonds. The monoisotopic (exact) mass is 384 g/mol. The molecule has 2 aliphatic carbocycles. The molecule has 2 aliphatic heterocycles. The Kier molecular flexibility index (Phi) is 4.39. The van der Waals surface area contributed by atoms with Crippen molar-refractivity contribution >= 4 is 23.1 Å². The molecule has 3 heterocycles. The molecule has 1 aromatic heterocycles. The van der Waals surface area contributed by atoms with Gasteiger partial charge in [-0.2, -0.15) is 0 Å². The number of pyridine rings is 1. The highest BCUT2D eigenvalue weighted by Crippen LogP contribution is 2.53. The van der Waals surface area contributed by atoms with Gasteiger partial charge in [0.05, 0.1) is 0 Å². The van der Waals surface area contributed by atoms with Crippen molar-refractivity contribution in [3.8, 4) is 0 Å². The first-order valence-corrected chi connectivity index (χ1v) is 10.2. The lowest BCUT2D eigenvalue weighted by Gasteiger charge is -2.25. The van der Waals surface area contributed by atoms with Crippen LogP contribution < -0.4 is 16.0 Å². The van der Waals surface area contributed by atoms with Crippen LogP contribution in [0.4, 0.5) is 5.82 Å². The molecular formula is C20H24N4O2S. The Morgan fingerprint density at radius 2 is 2.19 bits per heavy atom. The van der Waals surface area contributed by atoms with E-state index in [4.69, 9.17) is 26.7 Å². The van der Waals surface area contributed by atoms with Crippen molar-refractivity contribution in [2.45, 2.75) is 25.7 Å². The first kappa shape index (κ1) is 16.9. The number of ether oxygens (including phenoxy) is 2. The van der Waals surface area contributed by atoms with Gasteiger partial charge < -0.3 is 25.4 Å². The van der Waals surface area contributed by atoms with Crippen LogP contribution in [0.5, 0.6) is 0 Å². The zero-order valence-electron chi connectivity index (χ0n) is 15.2. The SMILES string of the molecule is S=C(NCCc1ccc2c(n1)NCCC2)NC1=CC2=C(OCCO2)C2CC12. The number of anilines is 1. The molecule has 0 radical (unpaired) electrons. The molecule has 0 aromatic carbocycles. The Labute approximate surface area is 164 Å². The number of aryl methyl sites for hydroxylation is 1. The molecule has 0 spiro atoms. The molecule has 5 rings (SSSR count). The van der Waals surface area contributed by atoms with E-state index in [1.807, 2.05) is 6.08 Å². The van der Waals surface area contributed by atoms with Gasteiger partial charge in [0, 0.05) is 48.8 Å². The minimum atomic E-state index is 0.461. The summed E-state index contributed by atoms with van der Waals surface area (Å²) in [7, 11) is 0. The van der Waals surface area contributed by atoms with E-state index in [9.17, 15) is 0 Å². The minimum Gasteiger partial charge on any atom is -0.490 e. The molecule has 1 fully saturated rings. The van der Waals surface area contributed by atoms with Crippen LogP contribution in [-0.2, 0) is 22.3 Å². The lowest BCUT2D eigenvalue weighted by atomic mass is 10.1. The van der Waals surface area contributed by atoms with Gasteiger partial charge in [-0.15, -0.1) is 0 Å². The van der Waals surface area contributed by atoms with Gasteiger partial charge in [-0.1, -0.05) is 6.07 Å². The number of allylic oxidation sites excluding steroid dienone is 3. The Balaban J connectivity index is 1.14. The lowest BCUT2D eigenvalue weighted by Crippen LogP contribution is -2.37. The normalized spacial score (nSPS) is 24.8. The first-order chi connectivity index (χ1) is 13.3. The van der Waals surface area contributed by atoms with E-state index in [1.165, 1.54) is 12.0 Å². The summed E-state index contributed by atoms with van der Waals surface area (Å²) in [6.07, 6.45) is 6.30. The zero-order valence-corrected chi connectivity index (χ0v) is 16.0. The average Bonchev–Trinajstić information content (AvgIpc) is 3.49. The maximum absolute atomic E-state index is 5.76. The highest BCUT2D eigenvalue weighted by molar-refractivity contribution is 7.80. The summed E-state index contributed by atoms with van der Waals surface area (Å²) in [4.78, 5) is 4.73. The van der Waals surface area contributed by atoms with Crippen LogP contribution in [0.25, 0.3) is 0 Å². The minimum absolute atomic E-state index is 0.461. The van der Waals surface area contributed by atoms with E-state index in [0.717, 1.165) is 61.1 Å². The van der Waals surface area contributed by atoms with Crippen LogP contribution in [-0.4, -0.2) is 36.4 Å². The molecule has 2 unspecified atom stereocenters. The van der Waals surface area contributed by atoms with Crippen molar-refractivity contribution < 1.29 is 9.47 Å². The van der Waals surface area contributed by atoms with E-state index < -0.39 is 0 Å². The second-order valence-corrected chi connectivity index (χ2v) is 7.85. The maximum Gasteiger partial charge on any atom is 0.170 e. The van der Waals surface area contributed by atoms with Gasteiger partial charge in [0.1, 0.15) is 24.8 Å². The Morgan fingerprint density at radius 1 is 1.26 bits per heavy atom. The highest BCUT2D eigenvalue weighted by Gasteiger charge is 2.49. The summed E-state index contributed by atoms with van der Waals surface area (Å²) in [6, 6.07) is 4.31. The quantitative estimate of drug-likeness (QED) is 0.688. The third-order valence-corrected chi connectivity index (χ3v) is 5.78. The van der Waals surface area contributed by atoms with Crippen LogP contribution >= 0.6 is 12.2 Å². The molecule has 0 bridgehead atoms. The lowest BCUT2D eigenvalue weighted by molar-refractivity contribution is 0.0584. The molecule has 4 aliphatic rings. The predicted molar refractivity (Wildman–Crippen MR) is 107 cm³/mol. The topological polar surface area (TPSA) is 67.4 Å². The van der Waals surface area contributed by atoms with E-state index in [1.54, 1.807) is 0 Å². The fraction of sp³-hybridized carbons (Fsp3) is 0.500. The molecule has 27 heavy (non-hydrogen) atoms. The molecule has 142 valence electrons. The van der Waals surface area contributed by atoms with Crippen molar-refractivity contribution in [2.75, 3.05) is 31.6 Å². The molecule has 7 heteroatoms. The zero-order chi connectivity index (χ0) is 18.2. The first-order valence-electron chi connectivity index (χ1n) is 9.77.